The number of para-hydroxylation sites is 1. The van der Waals surface area contributed by atoms with Crippen LogP contribution in [0.3, 0.4) is 0 Å². The summed E-state index contributed by atoms with van der Waals surface area (Å²) in [6.45, 7) is 0. The Morgan fingerprint density at radius 1 is 1.14 bits per heavy atom. The van der Waals surface area contributed by atoms with Crippen LogP contribution in [0.5, 0.6) is 0 Å². The molecule has 4 N–H and O–H groups in total. The molecule has 2 rings (SSSR count). The summed E-state index contributed by atoms with van der Waals surface area (Å²) in [4.78, 5) is 23.5. The number of nitrogen functional groups attached to an aromatic ring is 1. The number of amides is 1. The minimum atomic E-state index is -1.11. The number of carbonyl (C=O) groups excluding carboxylic acids is 1. The predicted molar refractivity (Wildman–Crippen MR) is 84.9 cm³/mol. The van der Waals surface area contributed by atoms with E-state index in [9.17, 15) is 14.7 Å². The summed E-state index contributed by atoms with van der Waals surface area (Å²) in [5.41, 5.74) is 7.04. The number of nitrogens with one attached hydrogen (secondary N) is 1. The number of anilines is 1. The highest BCUT2D eigenvalue weighted by atomic mass is 35.5. The molecule has 1 amide bonds. The van der Waals surface area contributed by atoms with Gasteiger partial charge in [-0.15, -0.1) is 0 Å². The first-order valence-electron chi connectivity index (χ1n) is 6.60. The topological polar surface area (TPSA) is 92.4 Å². The summed E-state index contributed by atoms with van der Waals surface area (Å²) in [7, 11) is 0. The van der Waals surface area contributed by atoms with Crippen LogP contribution in [0, 0.1) is 0 Å². The highest BCUT2D eigenvalue weighted by Gasteiger charge is 2.22. The number of nitrogens with two attached hydrogens (primary N) is 1. The van der Waals surface area contributed by atoms with Crippen LogP contribution in [-0.4, -0.2) is 23.0 Å². The average Bonchev–Trinajstić information content (AvgIpc) is 2.49. The van der Waals surface area contributed by atoms with Crippen LogP contribution >= 0.6 is 11.6 Å². The second kappa shape index (κ2) is 6.95. The normalized spacial score (nSPS) is 11.7. The third kappa shape index (κ3) is 3.99. The van der Waals surface area contributed by atoms with E-state index in [1.54, 1.807) is 48.5 Å². The molecule has 0 aliphatic heterocycles. The van der Waals surface area contributed by atoms with Gasteiger partial charge in [-0.3, -0.25) is 4.79 Å². The van der Waals surface area contributed by atoms with E-state index in [0.29, 0.717) is 10.7 Å². The second-order valence-corrected chi connectivity index (χ2v) is 5.22. The Bertz CT molecular complexity index is 686. The molecule has 114 valence electrons. The summed E-state index contributed by atoms with van der Waals surface area (Å²) >= 11 is 5.79. The SMILES string of the molecule is Nc1ccccc1C(=O)NC(Cc1ccc(Cl)cc1)C(=O)O. The van der Waals surface area contributed by atoms with E-state index < -0.39 is 17.9 Å². The van der Waals surface area contributed by atoms with E-state index in [0.717, 1.165) is 5.56 Å². The van der Waals surface area contributed by atoms with Crippen LogP contribution in [0.2, 0.25) is 5.02 Å². The van der Waals surface area contributed by atoms with Crippen LogP contribution < -0.4 is 11.1 Å². The summed E-state index contributed by atoms with van der Waals surface area (Å²) in [5, 5.41) is 12.3. The molecule has 0 aromatic heterocycles. The number of benzene rings is 2. The lowest BCUT2D eigenvalue weighted by Crippen LogP contribution is -2.42. The van der Waals surface area contributed by atoms with Crippen molar-refractivity contribution in [1.82, 2.24) is 5.32 Å². The van der Waals surface area contributed by atoms with Gasteiger partial charge in [-0.2, -0.15) is 0 Å². The Morgan fingerprint density at radius 2 is 1.77 bits per heavy atom. The molecule has 0 spiro atoms. The van der Waals surface area contributed by atoms with Gasteiger partial charge in [0.05, 0.1) is 5.56 Å². The van der Waals surface area contributed by atoms with Gasteiger partial charge in [0.15, 0.2) is 0 Å². The number of aliphatic carboxylic acids is 1. The van der Waals surface area contributed by atoms with Crippen molar-refractivity contribution in [3.8, 4) is 0 Å². The molecule has 1 unspecified atom stereocenters. The van der Waals surface area contributed by atoms with E-state index in [1.807, 2.05) is 0 Å². The third-order valence-electron chi connectivity index (χ3n) is 3.16. The van der Waals surface area contributed by atoms with Crippen molar-refractivity contribution < 1.29 is 14.7 Å². The van der Waals surface area contributed by atoms with Gasteiger partial charge in [0, 0.05) is 17.1 Å². The number of halogens is 1. The fourth-order valence-corrected chi connectivity index (χ4v) is 2.12. The van der Waals surface area contributed by atoms with Crippen molar-refractivity contribution in [2.45, 2.75) is 12.5 Å². The zero-order chi connectivity index (χ0) is 16.1. The lowest BCUT2D eigenvalue weighted by Gasteiger charge is -2.15. The molecule has 6 heteroatoms. The Labute approximate surface area is 132 Å². The van der Waals surface area contributed by atoms with Gasteiger partial charge >= 0.3 is 5.97 Å². The summed E-state index contributed by atoms with van der Waals surface area (Å²) in [6, 6.07) is 12.3. The molecule has 0 saturated heterocycles. The molecule has 22 heavy (non-hydrogen) atoms. The standard InChI is InChI=1S/C16H15ClN2O3/c17-11-7-5-10(6-8-11)9-14(16(21)22)19-15(20)12-3-1-2-4-13(12)18/h1-8,14H,9,18H2,(H,19,20)(H,21,22). The number of hydrogen-bond donors (Lipinski definition) is 3. The number of carbonyl (C=O) groups is 2. The smallest absolute Gasteiger partial charge is 0.326 e. The van der Waals surface area contributed by atoms with Crippen LogP contribution in [0.1, 0.15) is 15.9 Å². The maximum absolute atomic E-state index is 12.1. The predicted octanol–water partition coefficient (Wildman–Crippen LogP) is 2.35. The fourth-order valence-electron chi connectivity index (χ4n) is 2.00. The third-order valence-corrected chi connectivity index (χ3v) is 3.41. The zero-order valence-corrected chi connectivity index (χ0v) is 12.4. The number of carboxylic acid groups (broad SMARTS) is 1. The monoisotopic (exact) mass is 318 g/mol. The van der Waals surface area contributed by atoms with E-state index in [1.165, 1.54) is 0 Å². The first-order chi connectivity index (χ1) is 10.5. The van der Waals surface area contributed by atoms with Gasteiger partial charge in [0.25, 0.3) is 5.91 Å². The molecule has 0 bridgehead atoms. The molecule has 1 atom stereocenters. The minimum absolute atomic E-state index is 0.158. The Hall–Kier alpha value is -2.53. The van der Waals surface area contributed by atoms with Crippen LogP contribution in [0.4, 0.5) is 5.69 Å². The first-order valence-corrected chi connectivity index (χ1v) is 6.98. The number of carboxylic acids is 1. The van der Waals surface area contributed by atoms with Crippen molar-refractivity contribution in [1.29, 1.82) is 0 Å². The van der Waals surface area contributed by atoms with Gasteiger partial charge in [-0.1, -0.05) is 35.9 Å². The molecule has 0 fully saturated rings. The lowest BCUT2D eigenvalue weighted by molar-refractivity contribution is -0.139. The summed E-state index contributed by atoms with van der Waals surface area (Å²) < 4.78 is 0. The molecule has 0 radical (unpaired) electrons. The van der Waals surface area contributed by atoms with E-state index in [4.69, 9.17) is 17.3 Å². The largest absolute Gasteiger partial charge is 0.480 e. The first kappa shape index (κ1) is 15.9. The molecule has 0 aliphatic rings. The molecule has 2 aromatic rings. The molecule has 0 saturated carbocycles. The average molecular weight is 319 g/mol. The van der Waals surface area contributed by atoms with Crippen LogP contribution in [0.25, 0.3) is 0 Å². The van der Waals surface area contributed by atoms with Gasteiger partial charge in [-0.25, -0.2) is 4.79 Å². The quantitative estimate of drug-likeness (QED) is 0.738. The van der Waals surface area contributed by atoms with Crippen molar-refractivity contribution in [2.24, 2.45) is 0 Å². The maximum atomic E-state index is 12.1. The highest BCUT2D eigenvalue weighted by molar-refractivity contribution is 6.30. The van der Waals surface area contributed by atoms with Crippen LogP contribution in [-0.2, 0) is 11.2 Å². The second-order valence-electron chi connectivity index (χ2n) is 4.78. The van der Waals surface area contributed by atoms with Gasteiger partial charge in [-0.05, 0) is 29.8 Å². The van der Waals surface area contributed by atoms with Crippen molar-refractivity contribution >= 4 is 29.2 Å². The van der Waals surface area contributed by atoms with E-state index >= 15 is 0 Å². The molecule has 2 aromatic carbocycles. The zero-order valence-electron chi connectivity index (χ0n) is 11.6. The molecule has 0 aliphatic carbocycles. The number of rotatable bonds is 5. The van der Waals surface area contributed by atoms with Crippen molar-refractivity contribution in [3.63, 3.8) is 0 Å². The van der Waals surface area contributed by atoms with Crippen LogP contribution in [0.15, 0.2) is 48.5 Å². The molecule has 0 heterocycles. The summed E-state index contributed by atoms with van der Waals surface area (Å²) in [6.07, 6.45) is 0.158. The van der Waals surface area contributed by atoms with Gasteiger partial charge in [0.2, 0.25) is 0 Å². The van der Waals surface area contributed by atoms with E-state index in [2.05, 4.69) is 5.32 Å². The number of hydrogen-bond acceptors (Lipinski definition) is 3. The Balaban J connectivity index is 2.12. The van der Waals surface area contributed by atoms with Gasteiger partial charge in [0.1, 0.15) is 6.04 Å². The minimum Gasteiger partial charge on any atom is -0.480 e. The lowest BCUT2D eigenvalue weighted by atomic mass is 10.1. The highest BCUT2D eigenvalue weighted by Crippen LogP contribution is 2.13. The summed E-state index contributed by atoms with van der Waals surface area (Å²) in [5.74, 6) is -1.63. The fraction of sp³-hybridized carbons (Fsp3) is 0.125. The van der Waals surface area contributed by atoms with Gasteiger partial charge < -0.3 is 16.2 Å². The molecule has 5 nitrogen and oxygen atoms in total. The maximum Gasteiger partial charge on any atom is 0.326 e. The van der Waals surface area contributed by atoms with Crippen molar-refractivity contribution in [3.05, 3.63) is 64.7 Å². The molecular formula is C16H15ClN2O3. The Morgan fingerprint density at radius 3 is 2.36 bits per heavy atom. The van der Waals surface area contributed by atoms with Crippen molar-refractivity contribution in [2.75, 3.05) is 5.73 Å². The molecular weight excluding hydrogens is 304 g/mol. The Kier molecular flexibility index (Phi) is 5.01. The van der Waals surface area contributed by atoms with E-state index in [-0.39, 0.29) is 12.0 Å².